The highest BCUT2D eigenvalue weighted by atomic mass is 32.1. The molecule has 0 saturated carbocycles. The standard InChI is InChI=1S/C28H43NO4S/c1-8-28(9-2,26-29-23(20(4)34-26)17-18-24(30)27(5,6)7)21-13-15-22(16-14-21)33-19-11-12-25(31)32-10-3/h13-16,24,30H,8-12,17-19H2,1-7H3. The number of aryl methyl sites for hydroxylation is 2. The molecule has 1 unspecified atom stereocenters. The third kappa shape index (κ3) is 7.29. The molecule has 0 saturated heterocycles. The van der Waals surface area contributed by atoms with Crippen molar-refractivity contribution in [2.24, 2.45) is 5.41 Å². The van der Waals surface area contributed by atoms with Gasteiger partial charge in [0.2, 0.25) is 0 Å². The quantitative estimate of drug-likeness (QED) is 0.253. The molecule has 1 aromatic heterocycles. The number of aliphatic hydroxyl groups is 1. The first-order valence-corrected chi connectivity index (χ1v) is 13.4. The number of esters is 1. The monoisotopic (exact) mass is 489 g/mol. The number of hydrogen-bond donors (Lipinski definition) is 1. The second-order valence-electron chi connectivity index (χ2n) is 10.0. The fourth-order valence-corrected chi connectivity index (χ4v) is 5.48. The Balaban J connectivity index is 2.11. The average molecular weight is 490 g/mol. The summed E-state index contributed by atoms with van der Waals surface area (Å²) in [5.74, 6) is 0.629. The maximum Gasteiger partial charge on any atom is 0.305 e. The minimum atomic E-state index is -0.344. The summed E-state index contributed by atoms with van der Waals surface area (Å²) < 4.78 is 10.8. The van der Waals surface area contributed by atoms with Crippen LogP contribution in [0.25, 0.3) is 0 Å². The molecule has 0 aliphatic carbocycles. The Labute approximate surface area is 209 Å². The van der Waals surface area contributed by atoms with Gasteiger partial charge in [-0.2, -0.15) is 0 Å². The molecule has 0 aliphatic rings. The van der Waals surface area contributed by atoms with E-state index in [2.05, 4.69) is 53.7 Å². The van der Waals surface area contributed by atoms with E-state index >= 15 is 0 Å². The highest BCUT2D eigenvalue weighted by molar-refractivity contribution is 7.11. The summed E-state index contributed by atoms with van der Waals surface area (Å²) in [4.78, 5) is 17.8. The summed E-state index contributed by atoms with van der Waals surface area (Å²) in [5.41, 5.74) is 2.09. The zero-order valence-electron chi connectivity index (χ0n) is 22.1. The Morgan fingerprint density at radius 3 is 2.32 bits per heavy atom. The zero-order valence-corrected chi connectivity index (χ0v) is 22.9. The number of aliphatic hydroxyl groups excluding tert-OH is 1. The van der Waals surface area contributed by atoms with Crippen molar-refractivity contribution in [3.63, 3.8) is 0 Å². The molecule has 5 nitrogen and oxygen atoms in total. The second kappa shape index (κ2) is 12.7. The first-order valence-electron chi connectivity index (χ1n) is 12.6. The van der Waals surface area contributed by atoms with Crippen molar-refractivity contribution in [2.75, 3.05) is 13.2 Å². The molecule has 1 N–H and O–H groups in total. The molecule has 6 heteroatoms. The van der Waals surface area contributed by atoms with Gasteiger partial charge in [-0.05, 0) is 69.1 Å². The molecule has 0 bridgehead atoms. The lowest BCUT2D eigenvalue weighted by Crippen LogP contribution is -2.27. The molecule has 1 atom stereocenters. The van der Waals surface area contributed by atoms with Gasteiger partial charge in [-0.15, -0.1) is 11.3 Å². The number of thiazole rings is 1. The van der Waals surface area contributed by atoms with Gasteiger partial charge in [0.25, 0.3) is 0 Å². The fourth-order valence-electron chi connectivity index (χ4n) is 4.17. The van der Waals surface area contributed by atoms with Gasteiger partial charge >= 0.3 is 5.97 Å². The number of ether oxygens (including phenoxy) is 2. The molecule has 0 fully saturated rings. The van der Waals surface area contributed by atoms with E-state index in [1.54, 1.807) is 11.3 Å². The summed E-state index contributed by atoms with van der Waals surface area (Å²) in [6.45, 7) is 15.5. The van der Waals surface area contributed by atoms with Crippen LogP contribution in [0, 0.1) is 12.3 Å². The minimum absolute atomic E-state index is 0.119. The van der Waals surface area contributed by atoms with Crippen molar-refractivity contribution in [1.82, 2.24) is 4.98 Å². The van der Waals surface area contributed by atoms with E-state index in [9.17, 15) is 9.90 Å². The van der Waals surface area contributed by atoms with Gasteiger partial charge in [0, 0.05) is 16.7 Å². The Bertz CT molecular complexity index is 894. The zero-order chi connectivity index (χ0) is 25.4. The van der Waals surface area contributed by atoms with E-state index in [0.717, 1.165) is 42.1 Å². The summed E-state index contributed by atoms with van der Waals surface area (Å²) in [6, 6.07) is 8.32. The van der Waals surface area contributed by atoms with Crippen LogP contribution < -0.4 is 4.74 Å². The average Bonchev–Trinajstić information content (AvgIpc) is 3.17. The van der Waals surface area contributed by atoms with Crippen LogP contribution in [-0.2, 0) is 21.4 Å². The third-order valence-corrected chi connectivity index (χ3v) is 7.89. The molecule has 34 heavy (non-hydrogen) atoms. The van der Waals surface area contributed by atoms with Crippen LogP contribution >= 0.6 is 11.3 Å². The van der Waals surface area contributed by atoms with Crippen LogP contribution in [-0.4, -0.2) is 35.4 Å². The van der Waals surface area contributed by atoms with Gasteiger partial charge < -0.3 is 14.6 Å². The van der Waals surface area contributed by atoms with E-state index in [1.165, 1.54) is 10.4 Å². The lowest BCUT2D eigenvalue weighted by Gasteiger charge is -2.30. The molecule has 0 aliphatic heterocycles. The van der Waals surface area contributed by atoms with Crippen molar-refractivity contribution in [3.05, 3.63) is 45.4 Å². The largest absolute Gasteiger partial charge is 0.494 e. The molecular weight excluding hydrogens is 446 g/mol. The fraction of sp³-hybridized carbons (Fsp3) is 0.643. The van der Waals surface area contributed by atoms with Crippen LogP contribution in [0.5, 0.6) is 5.75 Å². The molecule has 0 radical (unpaired) electrons. The molecule has 1 heterocycles. The molecule has 0 amide bonds. The van der Waals surface area contributed by atoms with Crippen LogP contribution in [0.3, 0.4) is 0 Å². The smallest absolute Gasteiger partial charge is 0.305 e. The molecular formula is C28H43NO4S. The molecule has 190 valence electrons. The summed E-state index contributed by atoms with van der Waals surface area (Å²) >= 11 is 1.78. The van der Waals surface area contributed by atoms with Crippen molar-refractivity contribution < 1.29 is 19.4 Å². The Morgan fingerprint density at radius 2 is 1.76 bits per heavy atom. The second-order valence-corrected chi connectivity index (χ2v) is 11.2. The van der Waals surface area contributed by atoms with Crippen molar-refractivity contribution in [2.45, 2.75) is 98.5 Å². The van der Waals surface area contributed by atoms with Crippen molar-refractivity contribution >= 4 is 17.3 Å². The first-order chi connectivity index (χ1) is 16.1. The molecule has 0 spiro atoms. The summed E-state index contributed by atoms with van der Waals surface area (Å²) in [5, 5.41) is 11.6. The predicted octanol–water partition coefficient (Wildman–Crippen LogP) is 6.62. The highest BCUT2D eigenvalue weighted by Crippen LogP contribution is 2.42. The lowest BCUT2D eigenvalue weighted by atomic mass is 9.76. The van der Waals surface area contributed by atoms with Crippen LogP contribution in [0.2, 0.25) is 0 Å². The van der Waals surface area contributed by atoms with E-state index in [-0.39, 0.29) is 22.9 Å². The van der Waals surface area contributed by atoms with E-state index in [4.69, 9.17) is 14.5 Å². The van der Waals surface area contributed by atoms with Crippen LogP contribution in [0.15, 0.2) is 24.3 Å². The van der Waals surface area contributed by atoms with Gasteiger partial charge in [-0.3, -0.25) is 4.79 Å². The van der Waals surface area contributed by atoms with Crippen molar-refractivity contribution in [3.8, 4) is 5.75 Å². The number of hydrogen-bond acceptors (Lipinski definition) is 6. The lowest BCUT2D eigenvalue weighted by molar-refractivity contribution is -0.143. The third-order valence-electron chi connectivity index (χ3n) is 6.67. The van der Waals surface area contributed by atoms with Gasteiger partial charge in [-0.25, -0.2) is 4.98 Å². The van der Waals surface area contributed by atoms with Gasteiger partial charge in [0.1, 0.15) is 10.8 Å². The maximum atomic E-state index is 11.5. The van der Waals surface area contributed by atoms with Gasteiger partial charge in [-0.1, -0.05) is 46.8 Å². The van der Waals surface area contributed by atoms with Crippen LogP contribution in [0.4, 0.5) is 0 Å². The van der Waals surface area contributed by atoms with Gasteiger partial charge in [0.05, 0.1) is 25.0 Å². The number of aromatic nitrogens is 1. The van der Waals surface area contributed by atoms with E-state index < -0.39 is 0 Å². The molecule has 2 rings (SSSR count). The summed E-state index contributed by atoms with van der Waals surface area (Å²) in [7, 11) is 0. The van der Waals surface area contributed by atoms with E-state index in [1.807, 2.05) is 19.1 Å². The highest BCUT2D eigenvalue weighted by Gasteiger charge is 2.34. The SMILES string of the molecule is CCOC(=O)CCCOc1ccc(C(CC)(CC)c2nc(CCC(O)C(C)(C)C)c(C)s2)cc1. The maximum absolute atomic E-state index is 11.5. The van der Waals surface area contributed by atoms with Crippen molar-refractivity contribution in [1.29, 1.82) is 0 Å². The number of rotatable bonds is 13. The topological polar surface area (TPSA) is 68.7 Å². The van der Waals surface area contributed by atoms with Crippen LogP contribution in [0.1, 0.15) is 94.8 Å². The van der Waals surface area contributed by atoms with Gasteiger partial charge in [0.15, 0.2) is 0 Å². The number of carbonyl (C=O) groups is 1. The minimum Gasteiger partial charge on any atom is -0.494 e. The van der Waals surface area contributed by atoms with E-state index in [0.29, 0.717) is 26.1 Å². The number of nitrogens with zero attached hydrogens (tertiary/aromatic N) is 1. The normalized spacial score (nSPS) is 13.1. The number of benzene rings is 1. The predicted molar refractivity (Wildman–Crippen MR) is 140 cm³/mol. The first kappa shape index (κ1) is 28.3. The Kier molecular flexibility index (Phi) is 10.6. The molecule has 2 aromatic rings. The molecule has 1 aromatic carbocycles. The summed E-state index contributed by atoms with van der Waals surface area (Å²) in [6.07, 6.45) is 4.10. The number of carbonyl (C=O) groups excluding carboxylic acids is 1. The Morgan fingerprint density at radius 1 is 1.12 bits per heavy atom. The Hall–Kier alpha value is -1.92.